The molecule has 0 radical (unpaired) electrons. The van der Waals surface area contributed by atoms with Crippen LogP contribution in [0.4, 0.5) is 0 Å². The lowest BCUT2D eigenvalue weighted by Gasteiger charge is -2.32. The molecule has 8 amide bonds. The van der Waals surface area contributed by atoms with Crippen molar-refractivity contribution >= 4 is 47.3 Å². The Kier molecular flexibility index (Phi) is 21.5. The van der Waals surface area contributed by atoms with Crippen LogP contribution in [0.15, 0.2) is 78.9 Å². The normalized spacial score (nSPS) is 25.0. The van der Waals surface area contributed by atoms with Gasteiger partial charge in [0, 0.05) is 19.3 Å². The number of carbonyl (C=O) groups excluding carboxylic acids is 8. The van der Waals surface area contributed by atoms with Crippen LogP contribution in [-0.2, 0) is 57.6 Å². The van der Waals surface area contributed by atoms with Gasteiger partial charge in [0.15, 0.2) is 0 Å². The molecule has 1 aliphatic rings. The van der Waals surface area contributed by atoms with Crippen LogP contribution in [0.5, 0.6) is 11.5 Å². The SMILES string of the molecule is CCC(C)C1NC(=O)C(C(O)C(C)C)NC(=O)C(Cc2ccc(O)cc2)NC(=O)C(C(C)O)NC(=O)C(C)NC(=O)C(CC(C)C)NC(=O)C(Cc2ccc(O)cc2)NC(=O)C(Cc2ccccc2)NC1=O. The summed E-state index contributed by atoms with van der Waals surface area (Å²) in [7, 11) is 0. The molecule has 20 nitrogen and oxygen atoms in total. The second-order valence-electron chi connectivity index (χ2n) is 19.4. The summed E-state index contributed by atoms with van der Waals surface area (Å²) in [6.45, 7) is 12.8. The number of phenolic OH excluding ortho intramolecular Hbond substituents is 2. The Morgan fingerprint density at radius 2 is 0.819 bits per heavy atom. The molecule has 72 heavy (non-hydrogen) atoms. The Morgan fingerprint density at radius 1 is 0.444 bits per heavy atom. The number of aromatic hydroxyl groups is 2. The number of phenols is 2. The van der Waals surface area contributed by atoms with Gasteiger partial charge in [0.05, 0.1) is 12.2 Å². The number of benzene rings is 3. The monoisotopic (exact) mass is 1000 g/mol. The first kappa shape index (κ1) is 57.5. The number of rotatable bonds is 13. The number of aliphatic hydroxyl groups excluding tert-OH is 2. The maximum atomic E-state index is 14.6. The lowest BCUT2D eigenvalue weighted by atomic mass is 9.94. The van der Waals surface area contributed by atoms with Crippen LogP contribution in [0, 0.1) is 17.8 Å². The maximum Gasteiger partial charge on any atom is 0.245 e. The van der Waals surface area contributed by atoms with Crippen molar-refractivity contribution in [3.8, 4) is 11.5 Å². The summed E-state index contributed by atoms with van der Waals surface area (Å²) < 4.78 is 0. The number of hydrogen-bond acceptors (Lipinski definition) is 12. The zero-order valence-corrected chi connectivity index (χ0v) is 42.1. The molecule has 0 saturated carbocycles. The topological polar surface area (TPSA) is 314 Å². The number of aliphatic hydroxyl groups is 2. The molecule has 11 atom stereocenters. The summed E-state index contributed by atoms with van der Waals surface area (Å²) in [4.78, 5) is 114. The minimum atomic E-state index is -1.74. The predicted octanol–water partition coefficient (Wildman–Crippen LogP) is 0.528. The molecule has 1 aliphatic heterocycles. The molecule has 1 saturated heterocycles. The first-order valence-corrected chi connectivity index (χ1v) is 24.4. The number of amides is 8. The zero-order valence-electron chi connectivity index (χ0n) is 42.1. The van der Waals surface area contributed by atoms with Crippen molar-refractivity contribution in [2.24, 2.45) is 17.8 Å². The smallest absolute Gasteiger partial charge is 0.245 e. The third-order valence-electron chi connectivity index (χ3n) is 12.5. The van der Waals surface area contributed by atoms with Crippen LogP contribution in [0.25, 0.3) is 0 Å². The van der Waals surface area contributed by atoms with Crippen LogP contribution in [-0.4, -0.2) is 128 Å². The molecule has 11 unspecified atom stereocenters. The second kappa shape index (κ2) is 27.0. The van der Waals surface area contributed by atoms with Gasteiger partial charge in [0.25, 0.3) is 0 Å². The number of nitrogens with one attached hydrogen (secondary N) is 8. The van der Waals surface area contributed by atoms with E-state index < -0.39 is 120 Å². The Bertz CT molecular complexity index is 2330. The fourth-order valence-corrected chi connectivity index (χ4v) is 7.94. The fraction of sp³-hybridized carbons (Fsp3) is 0.500. The third-order valence-corrected chi connectivity index (χ3v) is 12.5. The van der Waals surface area contributed by atoms with Gasteiger partial charge in [-0.15, -0.1) is 0 Å². The first-order valence-electron chi connectivity index (χ1n) is 24.4. The summed E-state index contributed by atoms with van der Waals surface area (Å²) in [6.07, 6.45) is -3.21. The van der Waals surface area contributed by atoms with E-state index in [9.17, 15) is 58.8 Å². The van der Waals surface area contributed by atoms with E-state index >= 15 is 0 Å². The van der Waals surface area contributed by atoms with Gasteiger partial charge in [-0.2, -0.15) is 0 Å². The standard InChI is InChI=1S/C52H72N8O12/c1-9-29(6)41-50(70)56-39(24-32-13-11-10-12-14-32)48(68)55-38(25-33-15-19-35(62)20-16-33)47(67)54-37(23-27(2)3)46(66)53-30(7)45(65)59-42(31(8)61)51(71)57-40(26-34-17-21-36(63)22-18-34)49(69)60-43(52(72)58-41)44(64)28(4)5/h10-22,27-31,37-44,61-64H,9,23-26H2,1-8H3,(H,53,66)(H,54,67)(H,55,68)(H,56,70)(H,57,71)(H,58,72)(H,59,65)(H,60,69). The predicted molar refractivity (Wildman–Crippen MR) is 266 cm³/mol. The molecule has 0 aromatic heterocycles. The molecule has 392 valence electrons. The lowest BCUT2D eigenvalue weighted by Crippen LogP contribution is -2.64. The van der Waals surface area contributed by atoms with Crippen LogP contribution in [0.3, 0.4) is 0 Å². The highest BCUT2D eigenvalue weighted by atomic mass is 16.3. The van der Waals surface area contributed by atoms with Crippen molar-refractivity contribution in [2.45, 2.75) is 148 Å². The minimum absolute atomic E-state index is 0.0519. The Morgan fingerprint density at radius 3 is 1.26 bits per heavy atom. The molecular weight excluding hydrogens is 929 g/mol. The highest BCUT2D eigenvalue weighted by Crippen LogP contribution is 2.17. The van der Waals surface area contributed by atoms with Crippen LogP contribution in [0.2, 0.25) is 0 Å². The Labute approximate surface area is 420 Å². The summed E-state index contributed by atoms with van der Waals surface area (Å²) in [6, 6.07) is 8.52. The highest BCUT2D eigenvalue weighted by Gasteiger charge is 2.39. The van der Waals surface area contributed by atoms with E-state index in [-0.39, 0.29) is 43.1 Å². The molecule has 1 fully saturated rings. The average molecular weight is 1000 g/mol. The van der Waals surface area contributed by atoms with Crippen molar-refractivity contribution in [2.75, 3.05) is 0 Å². The van der Waals surface area contributed by atoms with E-state index in [4.69, 9.17) is 0 Å². The molecule has 12 N–H and O–H groups in total. The van der Waals surface area contributed by atoms with Crippen molar-refractivity contribution < 1.29 is 58.8 Å². The van der Waals surface area contributed by atoms with E-state index in [2.05, 4.69) is 42.5 Å². The molecule has 1 heterocycles. The number of carbonyl (C=O) groups is 8. The molecule has 20 heteroatoms. The number of hydrogen-bond donors (Lipinski definition) is 12. The Balaban J connectivity index is 1.87. The molecule has 0 aliphatic carbocycles. The largest absolute Gasteiger partial charge is 0.508 e. The van der Waals surface area contributed by atoms with E-state index in [0.29, 0.717) is 23.1 Å². The van der Waals surface area contributed by atoms with Crippen molar-refractivity contribution in [1.29, 1.82) is 0 Å². The van der Waals surface area contributed by atoms with Gasteiger partial charge in [-0.05, 0) is 79.0 Å². The molecule has 0 spiro atoms. The molecule has 0 bridgehead atoms. The third kappa shape index (κ3) is 17.1. The van der Waals surface area contributed by atoms with Gasteiger partial charge in [0.1, 0.15) is 59.8 Å². The Hall–Kier alpha value is -7.06. The summed E-state index contributed by atoms with van der Waals surface area (Å²) in [5, 5.41) is 63.3. The minimum Gasteiger partial charge on any atom is -0.508 e. The van der Waals surface area contributed by atoms with Crippen molar-refractivity contribution in [3.05, 3.63) is 95.6 Å². The van der Waals surface area contributed by atoms with E-state index in [0.717, 1.165) is 0 Å². The maximum absolute atomic E-state index is 14.6. The highest BCUT2D eigenvalue weighted by molar-refractivity contribution is 5.99. The quantitative estimate of drug-likeness (QED) is 0.112. The van der Waals surface area contributed by atoms with E-state index in [1.807, 2.05) is 0 Å². The van der Waals surface area contributed by atoms with E-state index in [1.54, 1.807) is 84.0 Å². The van der Waals surface area contributed by atoms with Crippen LogP contribution in [0.1, 0.15) is 84.9 Å². The second-order valence-corrected chi connectivity index (χ2v) is 19.4. The molecule has 3 aromatic carbocycles. The van der Waals surface area contributed by atoms with Crippen molar-refractivity contribution in [3.63, 3.8) is 0 Å². The van der Waals surface area contributed by atoms with E-state index in [1.165, 1.54) is 50.2 Å². The van der Waals surface area contributed by atoms with Crippen LogP contribution >= 0.6 is 0 Å². The van der Waals surface area contributed by atoms with Gasteiger partial charge in [-0.3, -0.25) is 38.4 Å². The lowest BCUT2D eigenvalue weighted by molar-refractivity contribution is -0.139. The van der Waals surface area contributed by atoms with Crippen molar-refractivity contribution in [1.82, 2.24) is 42.5 Å². The average Bonchev–Trinajstić information content (AvgIpc) is 3.33. The molecular formula is C52H72N8O12. The van der Waals surface area contributed by atoms with Gasteiger partial charge < -0.3 is 63.0 Å². The molecule has 3 aromatic rings. The zero-order chi connectivity index (χ0) is 53.4. The fourth-order valence-electron chi connectivity index (χ4n) is 7.94. The van der Waals surface area contributed by atoms with Gasteiger partial charge in [-0.1, -0.05) is 103 Å². The van der Waals surface area contributed by atoms with Gasteiger partial charge in [0.2, 0.25) is 47.3 Å². The van der Waals surface area contributed by atoms with Gasteiger partial charge in [-0.25, -0.2) is 0 Å². The van der Waals surface area contributed by atoms with Gasteiger partial charge >= 0.3 is 0 Å². The molecule has 4 rings (SSSR count). The first-order chi connectivity index (χ1) is 34.0. The van der Waals surface area contributed by atoms with Crippen LogP contribution < -0.4 is 42.5 Å². The summed E-state index contributed by atoms with van der Waals surface area (Å²) in [5.41, 5.74) is 1.56. The summed E-state index contributed by atoms with van der Waals surface area (Å²) in [5.74, 6) is -8.72. The summed E-state index contributed by atoms with van der Waals surface area (Å²) >= 11 is 0.